The summed E-state index contributed by atoms with van der Waals surface area (Å²) in [5.41, 5.74) is -0.578. The molecule has 1 aliphatic rings. The molecule has 1 unspecified atom stereocenters. The molecule has 5 nitrogen and oxygen atoms in total. The van der Waals surface area contributed by atoms with Gasteiger partial charge < -0.3 is 15.2 Å². The summed E-state index contributed by atoms with van der Waals surface area (Å²) in [6, 6.07) is 6.83. The van der Waals surface area contributed by atoms with Gasteiger partial charge in [-0.3, -0.25) is 4.79 Å². The van der Waals surface area contributed by atoms with Crippen LogP contribution >= 0.6 is 11.6 Å². The average Bonchev–Trinajstić information content (AvgIpc) is 2.55. The molecular weight excluding hydrogens is 306 g/mol. The van der Waals surface area contributed by atoms with E-state index in [1.54, 1.807) is 31.4 Å². The van der Waals surface area contributed by atoms with Gasteiger partial charge in [0.25, 0.3) is 0 Å². The Morgan fingerprint density at radius 1 is 1.23 bits per heavy atom. The first-order valence-corrected chi connectivity index (χ1v) is 7.75. The number of carbonyl (C=O) groups is 2. The summed E-state index contributed by atoms with van der Waals surface area (Å²) in [4.78, 5) is 23.9. The molecule has 0 radical (unpaired) electrons. The van der Waals surface area contributed by atoms with Crippen molar-refractivity contribution >= 4 is 23.5 Å². The lowest BCUT2D eigenvalue weighted by Gasteiger charge is -2.34. The van der Waals surface area contributed by atoms with Crippen molar-refractivity contribution in [1.82, 2.24) is 5.32 Å². The molecule has 2 N–H and O–H groups in total. The number of rotatable bonds is 5. The van der Waals surface area contributed by atoms with E-state index in [2.05, 4.69) is 5.32 Å². The Balaban J connectivity index is 2.10. The molecule has 22 heavy (non-hydrogen) atoms. The lowest BCUT2D eigenvalue weighted by Crippen LogP contribution is -2.56. The van der Waals surface area contributed by atoms with E-state index in [1.165, 1.54) is 0 Å². The molecule has 1 atom stereocenters. The van der Waals surface area contributed by atoms with Crippen LogP contribution in [0.3, 0.4) is 0 Å². The van der Waals surface area contributed by atoms with E-state index >= 15 is 0 Å². The van der Waals surface area contributed by atoms with Crippen molar-refractivity contribution in [3.05, 3.63) is 29.8 Å². The number of amides is 1. The molecule has 6 heteroatoms. The number of alkyl halides is 1. The number of ether oxygens (including phenoxy) is 1. The molecule has 0 aromatic heterocycles. The molecule has 0 aliphatic heterocycles. The Morgan fingerprint density at radius 2 is 1.82 bits per heavy atom. The Kier molecular flexibility index (Phi) is 5.29. The third-order valence-electron chi connectivity index (χ3n) is 4.12. The molecule has 1 aromatic rings. The summed E-state index contributed by atoms with van der Waals surface area (Å²) in [5.74, 6) is -0.794. The SMILES string of the molecule is COc1ccc(C(Cl)C(=O)NC2(C(=O)O)CCCCC2)cc1. The first-order chi connectivity index (χ1) is 10.5. The fourth-order valence-corrected chi connectivity index (χ4v) is 2.97. The van der Waals surface area contributed by atoms with E-state index in [-0.39, 0.29) is 0 Å². The van der Waals surface area contributed by atoms with Crippen molar-refractivity contribution in [2.75, 3.05) is 7.11 Å². The largest absolute Gasteiger partial charge is 0.497 e. The van der Waals surface area contributed by atoms with Crippen LogP contribution in [-0.4, -0.2) is 29.6 Å². The van der Waals surface area contributed by atoms with Gasteiger partial charge >= 0.3 is 5.97 Å². The number of halogens is 1. The maximum Gasteiger partial charge on any atom is 0.329 e. The van der Waals surface area contributed by atoms with Gasteiger partial charge in [-0.25, -0.2) is 4.79 Å². The highest BCUT2D eigenvalue weighted by atomic mass is 35.5. The van der Waals surface area contributed by atoms with Crippen molar-refractivity contribution in [2.24, 2.45) is 0 Å². The zero-order chi connectivity index (χ0) is 16.2. The van der Waals surface area contributed by atoms with Crippen LogP contribution in [0.5, 0.6) is 5.75 Å². The maximum absolute atomic E-state index is 12.3. The minimum Gasteiger partial charge on any atom is -0.497 e. The number of carboxylic acid groups (broad SMARTS) is 1. The van der Waals surface area contributed by atoms with Gasteiger partial charge in [0.2, 0.25) is 5.91 Å². The number of nitrogens with one attached hydrogen (secondary N) is 1. The smallest absolute Gasteiger partial charge is 0.329 e. The topological polar surface area (TPSA) is 75.6 Å². The first-order valence-electron chi connectivity index (χ1n) is 7.32. The van der Waals surface area contributed by atoms with E-state index in [0.29, 0.717) is 24.2 Å². The van der Waals surface area contributed by atoms with Gasteiger partial charge in [0.15, 0.2) is 0 Å². The summed E-state index contributed by atoms with van der Waals surface area (Å²) in [5, 5.41) is 11.2. The van der Waals surface area contributed by atoms with E-state index in [1.807, 2.05) is 0 Å². The molecule has 0 bridgehead atoms. The van der Waals surface area contributed by atoms with Crippen LogP contribution in [0.2, 0.25) is 0 Å². The highest BCUT2D eigenvalue weighted by Gasteiger charge is 2.42. The molecule has 1 amide bonds. The molecule has 0 heterocycles. The van der Waals surface area contributed by atoms with E-state index in [4.69, 9.17) is 16.3 Å². The molecular formula is C16H20ClNO4. The number of hydrogen-bond acceptors (Lipinski definition) is 3. The Hall–Kier alpha value is -1.75. The summed E-state index contributed by atoms with van der Waals surface area (Å²) in [7, 11) is 1.56. The van der Waals surface area contributed by atoms with E-state index in [0.717, 1.165) is 19.3 Å². The minimum atomic E-state index is -1.19. The molecule has 1 aliphatic carbocycles. The third kappa shape index (κ3) is 3.53. The van der Waals surface area contributed by atoms with Crippen molar-refractivity contribution in [3.8, 4) is 5.75 Å². The van der Waals surface area contributed by atoms with Gasteiger partial charge in [0.1, 0.15) is 16.7 Å². The summed E-state index contributed by atoms with van der Waals surface area (Å²) in [6.45, 7) is 0. The van der Waals surface area contributed by atoms with Crippen LogP contribution < -0.4 is 10.1 Å². The fraction of sp³-hybridized carbons (Fsp3) is 0.500. The maximum atomic E-state index is 12.3. The lowest BCUT2D eigenvalue weighted by molar-refractivity contribution is -0.149. The van der Waals surface area contributed by atoms with Crippen molar-refractivity contribution < 1.29 is 19.4 Å². The Bertz CT molecular complexity index is 538. The van der Waals surface area contributed by atoms with Crippen LogP contribution in [0.1, 0.15) is 43.0 Å². The number of methoxy groups -OCH3 is 1. The molecule has 1 fully saturated rings. The molecule has 0 saturated heterocycles. The Morgan fingerprint density at radius 3 is 2.32 bits per heavy atom. The van der Waals surface area contributed by atoms with Crippen molar-refractivity contribution in [2.45, 2.75) is 43.0 Å². The molecule has 2 rings (SSSR count). The summed E-state index contributed by atoms with van der Waals surface area (Å²) in [6.07, 6.45) is 3.47. The van der Waals surface area contributed by atoms with Gasteiger partial charge in [0, 0.05) is 0 Å². The number of hydrogen-bond donors (Lipinski definition) is 2. The van der Waals surface area contributed by atoms with E-state index < -0.39 is 22.8 Å². The van der Waals surface area contributed by atoms with Gasteiger partial charge in [-0.05, 0) is 30.5 Å². The highest BCUT2D eigenvalue weighted by Crippen LogP contribution is 2.30. The average molecular weight is 326 g/mol. The lowest BCUT2D eigenvalue weighted by atomic mass is 9.81. The van der Waals surface area contributed by atoms with Crippen LogP contribution in [-0.2, 0) is 9.59 Å². The first kappa shape index (κ1) is 16.6. The zero-order valence-electron chi connectivity index (χ0n) is 12.5. The monoisotopic (exact) mass is 325 g/mol. The fourth-order valence-electron chi connectivity index (χ4n) is 2.77. The molecule has 0 spiro atoms. The normalized spacial score (nSPS) is 18.3. The predicted molar refractivity (Wildman–Crippen MR) is 83.2 cm³/mol. The minimum absolute atomic E-state index is 0.445. The molecule has 120 valence electrons. The van der Waals surface area contributed by atoms with E-state index in [9.17, 15) is 14.7 Å². The molecule has 1 aromatic carbocycles. The van der Waals surface area contributed by atoms with Crippen molar-refractivity contribution in [1.29, 1.82) is 0 Å². The van der Waals surface area contributed by atoms with Gasteiger partial charge in [-0.2, -0.15) is 0 Å². The van der Waals surface area contributed by atoms with Crippen molar-refractivity contribution in [3.63, 3.8) is 0 Å². The number of carboxylic acids is 1. The quantitative estimate of drug-likeness (QED) is 0.816. The number of aliphatic carboxylic acids is 1. The van der Waals surface area contributed by atoms with Crippen LogP contribution in [0.15, 0.2) is 24.3 Å². The zero-order valence-corrected chi connectivity index (χ0v) is 13.2. The second-order valence-corrected chi connectivity index (χ2v) is 6.01. The Labute approximate surface area is 134 Å². The number of carbonyl (C=O) groups excluding carboxylic acids is 1. The van der Waals surface area contributed by atoms with Crippen LogP contribution in [0.25, 0.3) is 0 Å². The van der Waals surface area contributed by atoms with Gasteiger partial charge in [-0.15, -0.1) is 11.6 Å². The van der Waals surface area contributed by atoms with Crippen LogP contribution in [0, 0.1) is 0 Å². The molecule has 1 saturated carbocycles. The van der Waals surface area contributed by atoms with Gasteiger partial charge in [0.05, 0.1) is 7.11 Å². The highest BCUT2D eigenvalue weighted by molar-refractivity contribution is 6.31. The van der Waals surface area contributed by atoms with Gasteiger partial charge in [-0.1, -0.05) is 31.4 Å². The summed E-state index contributed by atoms with van der Waals surface area (Å²) < 4.78 is 5.06. The second-order valence-electron chi connectivity index (χ2n) is 5.57. The number of benzene rings is 1. The summed E-state index contributed by atoms with van der Waals surface area (Å²) >= 11 is 6.19. The standard InChI is InChI=1S/C16H20ClNO4/c1-22-12-7-5-11(6-8-12)13(17)14(19)18-16(15(20)21)9-3-2-4-10-16/h5-8,13H,2-4,9-10H2,1H3,(H,18,19)(H,20,21). The predicted octanol–water partition coefficient (Wildman–Crippen LogP) is 2.88. The second kappa shape index (κ2) is 7.01. The third-order valence-corrected chi connectivity index (χ3v) is 4.57. The van der Waals surface area contributed by atoms with Crippen LogP contribution in [0.4, 0.5) is 0 Å².